The quantitative estimate of drug-likeness (QED) is 0.134. The second-order valence-corrected chi connectivity index (χ2v) is 16.1. The van der Waals surface area contributed by atoms with Gasteiger partial charge in [-0.25, -0.2) is 15.0 Å². The van der Waals surface area contributed by atoms with E-state index in [1.807, 2.05) is 48.8 Å². The van der Waals surface area contributed by atoms with Crippen molar-refractivity contribution in [3.05, 3.63) is 243 Å². The normalized spacial score (nSPS) is 12.2. The van der Waals surface area contributed by atoms with Crippen molar-refractivity contribution in [1.29, 1.82) is 0 Å². The molecule has 2 aliphatic rings. The number of hydrogen-bond acceptors (Lipinski definition) is 7. The maximum absolute atomic E-state index is 5.67. The highest BCUT2D eigenvalue weighted by molar-refractivity contribution is 7.00. The van der Waals surface area contributed by atoms with Crippen molar-refractivity contribution in [3.8, 4) is 11.1 Å². The molecule has 7 nitrogen and oxygen atoms in total. The van der Waals surface area contributed by atoms with Crippen LogP contribution in [0, 0.1) is 0 Å². The molecule has 65 heavy (non-hydrogen) atoms. The molecule has 0 saturated heterocycles. The lowest BCUT2D eigenvalue weighted by atomic mass is 9.33. The SMILES string of the molecule is c1ccc(N(c2ccccc2)c2ccc3c(n2)N(c2ccccc2)c2cccc4c2B3c2ccc(-c3cnc(N(c5ccccc5)c5ccccc5)nc3)cc2N4c2ccccc2)cc1. The minimum absolute atomic E-state index is 0.104. The number of anilines is 12. The lowest BCUT2D eigenvalue weighted by molar-refractivity contribution is 1.08. The molecule has 10 aromatic rings. The molecule has 0 aliphatic carbocycles. The maximum Gasteiger partial charge on any atom is 0.254 e. The number of aromatic nitrogens is 3. The summed E-state index contributed by atoms with van der Waals surface area (Å²) in [6, 6.07) is 80.8. The average Bonchev–Trinajstić information content (AvgIpc) is 3.38. The molecule has 2 aliphatic heterocycles. The van der Waals surface area contributed by atoms with Crippen molar-refractivity contribution >= 4 is 91.9 Å². The van der Waals surface area contributed by atoms with Gasteiger partial charge in [0.1, 0.15) is 11.6 Å². The summed E-state index contributed by atoms with van der Waals surface area (Å²) in [5.41, 5.74) is 15.0. The number of pyridine rings is 1. The fourth-order valence-electron chi connectivity index (χ4n) is 9.47. The Kier molecular flexibility index (Phi) is 9.45. The minimum atomic E-state index is -0.104. The third-order valence-electron chi connectivity index (χ3n) is 12.3. The molecular weight excluding hydrogens is 793 g/mol. The smallest absolute Gasteiger partial charge is 0.254 e. The van der Waals surface area contributed by atoms with E-state index in [-0.39, 0.29) is 6.71 Å². The number of fused-ring (bicyclic) bond motifs is 4. The summed E-state index contributed by atoms with van der Waals surface area (Å²) >= 11 is 0. The van der Waals surface area contributed by atoms with Crippen LogP contribution in [0.4, 0.5) is 68.8 Å². The van der Waals surface area contributed by atoms with Crippen LogP contribution in [0.25, 0.3) is 11.1 Å². The van der Waals surface area contributed by atoms with Crippen molar-refractivity contribution in [2.75, 3.05) is 19.6 Å². The molecule has 8 aromatic carbocycles. The number of nitrogens with zero attached hydrogens (tertiary/aromatic N) is 7. The summed E-state index contributed by atoms with van der Waals surface area (Å²) in [4.78, 5) is 24.8. The first kappa shape index (κ1) is 38.0. The Balaban J connectivity index is 1.03. The van der Waals surface area contributed by atoms with Gasteiger partial charge in [0.2, 0.25) is 5.95 Å². The molecule has 0 atom stereocenters. The van der Waals surface area contributed by atoms with Crippen LogP contribution in [-0.2, 0) is 0 Å². The lowest BCUT2D eigenvalue weighted by Gasteiger charge is -2.43. The number of rotatable bonds is 9. The number of para-hydroxylation sites is 6. The van der Waals surface area contributed by atoms with E-state index in [4.69, 9.17) is 15.0 Å². The van der Waals surface area contributed by atoms with E-state index in [0.29, 0.717) is 5.95 Å². The van der Waals surface area contributed by atoms with Gasteiger partial charge in [0.25, 0.3) is 6.71 Å². The highest BCUT2D eigenvalue weighted by Crippen LogP contribution is 2.45. The highest BCUT2D eigenvalue weighted by atomic mass is 15.3. The second kappa shape index (κ2) is 16.2. The molecule has 4 heterocycles. The first-order valence-electron chi connectivity index (χ1n) is 21.9. The van der Waals surface area contributed by atoms with Crippen LogP contribution < -0.4 is 36.0 Å². The van der Waals surface area contributed by atoms with Crippen LogP contribution in [0.2, 0.25) is 0 Å². The topological polar surface area (TPSA) is 51.6 Å². The molecule has 0 bridgehead atoms. The summed E-state index contributed by atoms with van der Waals surface area (Å²) in [6.45, 7) is -0.104. The summed E-state index contributed by atoms with van der Waals surface area (Å²) < 4.78 is 0. The van der Waals surface area contributed by atoms with Gasteiger partial charge in [0.05, 0.1) is 0 Å². The Labute approximate surface area is 378 Å². The zero-order valence-electron chi connectivity index (χ0n) is 35.3. The predicted molar refractivity (Wildman–Crippen MR) is 269 cm³/mol. The second-order valence-electron chi connectivity index (χ2n) is 16.1. The van der Waals surface area contributed by atoms with Crippen molar-refractivity contribution in [2.24, 2.45) is 0 Å². The molecule has 0 N–H and O–H groups in total. The standard InChI is InChI=1S/C57H40BN7/c1-7-20-43(21-8-1)62(44-22-9-2-10-23-44)54-37-36-50-56(61-54)65(48-30-17-6-18-31-48)52-33-19-32-51-55(52)58(50)49-35-34-41(38-53(49)64(51)47-28-15-5-16-29-47)42-39-59-57(60-40-42)63(45-24-11-3-12-25-45)46-26-13-4-14-27-46/h1-40H. The largest absolute Gasteiger partial charge is 0.311 e. The van der Waals surface area contributed by atoms with Crippen molar-refractivity contribution in [2.45, 2.75) is 0 Å². The van der Waals surface area contributed by atoms with Gasteiger partial charge in [0.15, 0.2) is 0 Å². The summed E-state index contributed by atoms with van der Waals surface area (Å²) in [5.74, 6) is 2.33. The minimum Gasteiger partial charge on any atom is -0.311 e. The van der Waals surface area contributed by atoms with Gasteiger partial charge < -0.3 is 4.90 Å². The maximum atomic E-state index is 5.67. The Hall–Kier alpha value is -8.75. The number of benzene rings is 8. The van der Waals surface area contributed by atoms with E-state index >= 15 is 0 Å². The molecule has 0 fully saturated rings. The van der Waals surface area contributed by atoms with Gasteiger partial charge in [-0.1, -0.05) is 133 Å². The summed E-state index contributed by atoms with van der Waals surface area (Å²) in [6.07, 6.45) is 3.88. The van der Waals surface area contributed by atoms with E-state index in [1.165, 1.54) is 10.9 Å². The first-order valence-corrected chi connectivity index (χ1v) is 21.9. The van der Waals surface area contributed by atoms with Crippen molar-refractivity contribution in [3.63, 3.8) is 0 Å². The van der Waals surface area contributed by atoms with E-state index in [1.54, 1.807) is 0 Å². The van der Waals surface area contributed by atoms with Gasteiger partial charge >= 0.3 is 0 Å². The fourth-order valence-corrected chi connectivity index (χ4v) is 9.47. The molecule has 0 saturated carbocycles. The summed E-state index contributed by atoms with van der Waals surface area (Å²) in [7, 11) is 0. The van der Waals surface area contributed by atoms with Gasteiger partial charge in [0, 0.05) is 69.1 Å². The fraction of sp³-hybridized carbons (Fsp3) is 0. The van der Waals surface area contributed by atoms with E-state index in [0.717, 1.165) is 79.4 Å². The van der Waals surface area contributed by atoms with E-state index < -0.39 is 0 Å². The molecule has 8 heteroatoms. The monoisotopic (exact) mass is 833 g/mol. The number of hydrogen-bond donors (Lipinski definition) is 0. The average molecular weight is 834 g/mol. The van der Waals surface area contributed by atoms with Gasteiger partial charge in [-0.15, -0.1) is 0 Å². The van der Waals surface area contributed by atoms with E-state index in [2.05, 4.69) is 214 Å². The van der Waals surface area contributed by atoms with Crippen LogP contribution in [0.15, 0.2) is 243 Å². The molecular formula is C57H40BN7. The zero-order valence-corrected chi connectivity index (χ0v) is 35.3. The van der Waals surface area contributed by atoms with Crippen molar-refractivity contribution < 1.29 is 0 Å². The Morgan fingerprint density at radius 2 is 0.831 bits per heavy atom. The molecule has 0 unspecified atom stereocenters. The summed E-state index contributed by atoms with van der Waals surface area (Å²) in [5, 5.41) is 0. The van der Waals surface area contributed by atoms with Crippen LogP contribution in [-0.4, -0.2) is 21.7 Å². The third-order valence-corrected chi connectivity index (χ3v) is 12.3. The zero-order chi connectivity index (χ0) is 43.1. The van der Waals surface area contributed by atoms with Gasteiger partial charge in [-0.05, 0) is 119 Å². The highest BCUT2D eigenvalue weighted by Gasteiger charge is 2.44. The van der Waals surface area contributed by atoms with Crippen LogP contribution in [0.1, 0.15) is 0 Å². The molecule has 2 aromatic heterocycles. The van der Waals surface area contributed by atoms with E-state index in [9.17, 15) is 0 Å². The van der Waals surface area contributed by atoms with Crippen LogP contribution in [0.3, 0.4) is 0 Å². The Bertz CT molecular complexity index is 3190. The Morgan fingerprint density at radius 1 is 0.369 bits per heavy atom. The third kappa shape index (κ3) is 6.67. The lowest BCUT2D eigenvalue weighted by Crippen LogP contribution is -2.61. The molecule has 0 amide bonds. The van der Waals surface area contributed by atoms with Gasteiger partial charge in [-0.2, -0.15) is 0 Å². The molecule has 306 valence electrons. The molecule has 0 radical (unpaired) electrons. The molecule has 12 rings (SSSR count). The van der Waals surface area contributed by atoms with Crippen molar-refractivity contribution in [1.82, 2.24) is 15.0 Å². The first-order chi connectivity index (χ1) is 32.3. The predicted octanol–water partition coefficient (Wildman–Crippen LogP) is 12.6. The Morgan fingerprint density at radius 3 is 1.37 bits per heavy atom. The molecule has 0 spiro atoms. The van der Waals surface area contributed by atoms with Crippen LogP contribution >= 0.6 is 0 Å². The van der Waals surface area contributed by atoms with Crippen LogP contribution in [0.5, 0.6) is 0 Å². The van der Waals surface area contributed by atoms with Gasteiger partial charge in [-0.3, -0.25) is 14.7 Å².